The van der Waals surface area contributed by atoms with Gasteiger partial charge in [-0.15, -0.1) is 0 Å². The van der Waals surface area contributed by atoms with Gasteiger partial charge in [-0.1, -0.05) is 0 Å². The second-order valence-corrected chi connectivity index (χ2v) is 4.63. The van der Waals surface area contributed by atoms with Crippen LogP contribution in [0.5, 0.6) is 0 Å². The summed E-state index contributed by atoms with van der Waals surface area (Å²) >= 11 is 0. The van der Waals surface area contributed by atoms with Gasteiger partial charge in [0.1, 0.15) is 0 Å². The van der Waals surface area contributed by atoms with E-state index in [4.69, 9.17) is 0 Å². The van der Waals surface area contributed by atoms with Crippen LogP contribution < -0.4 is 10.2 Å². The quantitative estimate of drug-likeness (QED) is 0.802. The monoisotopic (exact) mass is 203 g/mol. The Hall–Kier alpha value is -1.09. The lowest BCUT2D eigenvalue weighted by Crippen LogP contribution is -2.39. The second-order valence-electron chi connectivity index (χ2n) is 4.63. The summed E-state index contributed by atoms with van der Waals surface area (Å²) in [5.41, 5.74) is 1.29. The molecular formula is C12H17N3. The molecular weight excluding hydrogens is 186 g/mol. The number of likely N-dealkylation sites (N-methyl/N-ethyl adjacent to an activating group) is 1. The first-order chi connectivity index (χ1) is 7.40. The van der Waals surface area contributed by atoms with Gasteiger partial charge >= 0.3 is 0 Å². The fourth-order valence-electron chi connectivity index (χ4n) is 2.89. The lowest BCUT2D eigenvalue weighted by Gasteiger charge is -2.29. The van der Waals surface area contributed by atoms with Gasteiger partial charge in [-0.3, -0.25) is 4.98 Å². The van der Waals surface area contributed by atoms with Gasteiger partial charge in [0.05, 0.1) is 11.9 Å². The van der Waals surface area contributed by atoms with E-state index in [0.29, 0.717) is 6.04 Å². The standard InChI is InChI=1S/C12H17N3/c1-13-7-11-5-9-6-12(9)15(11)10-3-2-4-14-8-10/h2-4,8-9,11-13H,5-7H2,1H3. The van der Waals surface area contributed by atoms with E-state index in [-0.39, 0.29) is 0 Å². The molecule has 80 valence electrons. The summed E-state index contributed by atoms with van der Waals surface area (Å²) in [7, 11) is 2.03. The summed E-state index contributed by atoms with van der Waals surface area (Å²) in [5.74, 6) is 0.948. The maximum absolute atomic E-state index is 4.21. The van der Waals surface area contributed by atoms with E-state index in [1.54, 1.807) is 0 Å². The molecule has 1 aromatic rings. The molecule has 2 fully saturated rings. The predicted molar refractivity (Wildman–Crippen MR) is 60.9 cm³/mol. The molecule has 1 aliphatic carbocycles. The van der Waals surface area contributed by atoms with Gasteiger partial charge in [-0.25, -0.2) is 0 Å². The zero-order valence-electron chi connectivity index (χ0n) is 9.06. The molecule has 2 aliphatic rings. The van der Waals surface area contributed by atoms with Crippen LogP contribution in [-0.4, -0.2) is 30.7 Å². The SMILES string of the molecule is CNCC1CC2CC2N1c1cccnc1. The van der Waals surface area contributed by atoms with E-state index in [1.165, 1.54) is 18.5 Å². The van der Waals surface area contributed by atoms with E-state index in [0.717, 1.165) is 18.5 Å². The summed E-state index contributed by atoms with van der Waals surface area (Å²) in [6, 6.07) is 5.67. The topological polar surface area (TPSA) is 28.2 Å². The molecule has 3 atom stereocenters. The Kier molecular flexibility index (Phi) is 2.13. The Labute approximate surface area is 90.5 Å². The maximum atomic E-state index is 4.21. The Morgan fingerprint density at radius 3 is 3.20 bits per heavy atom. The van der Waals surface area contributed by atoms with Crippen molar-refractivity contribution >= 4 is 5.69 Å². The molecule has 3 unspecified atom stereocenters. The number of anilines is 1. The number of aromatic nitrogens is 1. The van der Waals surface area contributed by atoms with Gasteiger partial charge in [-0.05, 0) is 37.9 Å². The van der Waals surface area contributed by atoms with E-state index in [2.05, 4.69) is 21.3 Å². The van der Waals surface area contributed by atoms with Gasteiger partial charge in [0.15, 0.2) is 0 Å². The van der Waals surface area contributed by atoms with Gasteiger partial charge in [0.2, 0.25) is 0 Å². The molecule has 0 aromatic carbocycles. The number of hydrogen-bond donors (Lipinski definition) is 1. The predicted octanol–water partition coefficient (Wildman–Crippen LogP) is 1.27. The van der Waals surface area contributed by atoms with E-state index in [1.807, 2.05) is 25.5 Å². The van der Waals surface area contributed by atoms with Crippen LogP contribution in [0.25, 0.3) is 0 Å². The minimum absolute atomic E-state index is 0.669. The minimum Gasteiger partial charge on any atom is -0.363 e. The van der Waals surface area contributed by atoms with Crippen LogP contribution in [-0.2, 0) is 0 Å². The average Bonchev–Trinajstić information content (AvgIpc) is 2.92. The molecule has 3 heteroatoms. The number of piperidine rings is 1. The van der Waals surface area contributed by atoms with E-state index < -0.39 is 0 Å². The Morgan fingerprint density at radius 1 is 1.53 bits per heavy atom. The summed E-state index contributed by atoms with van der Waals surface area (Å²) in [4.78, 5) is 6.78. The summed E-state index contributed by atoms with van der Waals surface area (Å²) in [6.45, 7) is 1.09. The zero-order chi connectivity index (χ0) is 10.3. The first-order valence-electron chi connectivity index (χ1n) is 5.73. The normalized spacial score (nSPS) is 32.9. The minimum atomic E-state index is 0.669. The number of nitrogens with one attached hydrogen (secondary N) is 1. The van der Waals surface area contributed by atoms with E-state index in [9.17, 15) is 0 Å². The third kappa shape index (κ3) is 1.51. The Bertz CT molecular complexity index is 338. The number of nitrogens with zero attached hydrogens (tertiary/aromatic N) is 2. The summed E-state index contributed by atoms with van der Waals surface area (Å²) in [5, 5.41) is 3.29. The third-order valence-electron chi connectivity index (χ3n) is 3.59. The molecule has 0 spiro atoms. The van der Waals surface area contributed by atoms with Gasteiger partial charge in [0.25, 0.3) is 0 Å². The largest absolute Gasteiger partial charge is 0.363 e. The molecule has 0 bridgehead atoms. The van der Waals surface area contributed by atoms with Gasteiger partial charge < -0.3 is 10.2 Å². The maximum Gasteiger partial charge on any atom is 0.0558 e. The molecule has 0 radical (unpaired) electrons. The third-order valence-corrected chi connectivity index (χ3v) is 3.59. The Balaban J connectivity index is 1.83. The van der Waals surface area contributed by atoms with Crippen molar-refractivity contribution in [2.75, 3.05) is 18.5 Å². The van der Waals surface area contributed by atoms with Gasteiger partial charge in [-0.2, -0.15) is 0 Å². The molecule has 1 N–H and O–H groups in total. The number of hydrogen-bond acceptors (Lipinski definition) is 3. The number of fused-ring (bicyclic) bond motifs is 1. The zero-order valence-corrected chi connectivity index (χ0v) is 9.06. The molecule has 1 saturated heterocycles. The van der Waals surface area contributed by atoms with Crippen LogP contribution in [0.1, 0.15) is 12.8 Å². The fraction of sp³-hybridized carbons (Fsp3) is 0.583. The fourth-order valence-corrected chi connectivity index (χ4v) is 2.89. The second kappa shape index (κ2) is 3.49. The lowest BCUT2D eigenvalue weighted by molar-refractivity contribution is 0.564. The summed E-state index contributed by atoms with van der Waals surface area (Å²) in [6.07, 6.45) is 6.57. The Morgan fingerprint density at radius 2 is 2.47 bits per heavy atom. The first kappa shape index (κ1) is 9.16. The van der Waals surface area contributed by atoms with Crippen LogP contribution >= 0.6 is 0 Å². The molecule has 1 aliphatic heterocycles. The highest BCUT2D eigenvalue weighted by Crippen LogP contribution is 2.49. The summed E-state index contributed by atoms with van der Waals surface area (Å²) < 4.78 is 0. The van der Waals surface area contributed by atoms with Crippen LogP contribution in [0.15, 0.2) is 24.5 Å². The lowest BCUT2D eigenvalue weighted by atomic mass is 10.1. The van der Waals surface area contributed by atoms with Crippen LogP contribution in [0.4, 0.5) is 5.69 Å². The molecule has 3 nitrogen and oxygen atoms in total. The highest BCUT2D eigenvalue weighted by molar-refractivity contribution is 5.50. The molecule has 0 amide bonds. The van der Waals surface area contributed by atoms with Gasteiger partial charge in [0, 0.05) is 24.8 Å². The molecule has 3 rings (SSSR count). The smallest absolute Gasteiger partial charge is 0.0558 e. The molecule has 1 aromatic heterocycles. The van der Waals surface area contributed by atoms with Crippen LogP contribution in [0, 0.1) is 5.92 Å². The van der Waals surface area contributed by atoms with E-state index >= 15 is 0 Å². The van der Waals surface area contributed by atoms with Crippen molar-refractivity contribution in [1.82, 2.24) is 10.3 Å². The van der Waals surface area contributed by atoms with Crippen molar-refractivity contribution in [3.05, 3.63) is 24.5 Å². The number of pyridine rings is 1. The average molecular weight is 203 g/mol. The molecule has 1 saturated carbocycles. The van der Waals surface area contributed by atoms with Crippen LogP contribution in [0.2, 0.25) is 0 Å². The van der Waals surface area contributed by atoms with Crippen molar-refractivity contribution in [2.24, 2.45) is 5.92 Å². The highest BCUT2D eigenvalue weighted by atomic mass is 15.3. The molecule has 2 heterocycles. The van der Waals surface area contributed by atoms with Crippen molar-refractivity contribution < 1.29 is 0 Å². The van der Waals surface area contributed by atoms with Crippen molar-refractivity contribution in [3.8, 4) is 0 Å². The van der Waals surface area contributed by atoms with Crippen LogP contribution in [0.3, 0.4) is 0 Å². The number of rotatable bonds is 3. The first-order valence-corrected chi connectivity index (χ1v) is 5.73. The van der Waals surface area contributed by atoms with Crippen molar-refractivity contribution in [1.29, 1.82) is 0 Å². The molecule has 15 heavy (non-hydrogen) atoms. The highest BCUT2D eigenvalue weighted by Gasteiger charge is 2.51. The van der Waals surface area contributed by atoms with Crippen molar-refractivity contribution in [2.45, 2.75) is 24.9 Å². The van der Waals surface area contributed by atoms with Crippen molar-refractivity contribution in [3.63, 3.8) is 0 Å².